The summed E-state index contributed by atoms with van der Waals surface area (Å²) in [6, 6.07) is 10.0. The van der Waals surface area contributed by atoms with Crippen LogP contribution in [0.5, 0.6) is 0 Å². The highest BCUT2D eigenvalue weighted by Gasteiger charge is 2.25. The molecule has 0 aromatic heterocycles. The van der Waals surface area contributed by atoms with Crippen LogP contribution in [0.2, 0.25) is 0 Å². The van der Waals surface area contributed by atoms with Crippen molar-refractivity contribution in [2.45, 2.75) is 32.3 Å². The highest BCUT2D eigenvalue weighted by Crippen LogP contribution is 2.18. The van der Waals surface area contributed by atoms with Crippen LogP contribution in [-0.4, -0.2) is 48.0 Å². The number of para-hydroxylation sites is 1. The summed E-state index contributed by atoms with van der Waals surface area (Å²) in [7, 11) is 1.91. The SMILES string of the molecule is CC1C/C(=N\C(=N\c2ccccc2)N2CCCC2)N(C)O1. The highest BCUT2D eigenvalue weighted by molar-refractivity contribution is 5.97. The third kappa shape index (κ3) is 3.42. The Hall–Kier alpha value is -1.88. The van der Waals surface area contributed by atoms with Crippen molar-refractivity contribution < 1.29 is 4.84 Å². The number of likely N-dealkylation sites (tertiary alicyclic amines) is 1. The molecular formula is C16H22N4O. The number of hydroxylamine groups is 2. The number of benzene rings is 1. The number of rotatable bonds is 1. The van der Waals surface area contributed by atoms with Crippen molar-refractivity contribution in [2.24, 2.45) is 9.98 Å². The van der Waals surface area contributed by atoms with Gasteiger partial charge in [-0.1, -0.05) is 18.2 Å². The monoisotopic (exact) mass is 286 g/mol. The number of amidine groups is 1. The van der Waals surface area contributed by atoms with E-state index in [1.54, 1.807) is 5.06 Å². The van der Waals surface area contributed by atoms with Crippen molar-refractivity contribution in [3.05, 3.63) is 30.3 Å². The molecular weight excluding hydrogens is 264 g/mol. The Balaban J connectivity index is 1.89. The van der Waals surface area contributed by atoms with Crippen LogP contribution < -0.4 is 0 Å². The van der Waals surface area contributed by atoms with Crippen LogP contribution in [0.1, 0.15) is 26.2 Å². The van der Waals surface area contributed by atoms with E-state index in [0.29, 0.717) is 0 Å². The normalized spacial score (nSPS) is 25.1. The van der Waals surface area contributed by atoms with Crippen LogP contribution in [0, 0.1) is 0 Å². The maximum absolute atomic E-state index is 5.62. The molecule has 3 rings (SSSR count). The van der Waals surface area contributed by atoms with E-state index in [2.05, 4.69) is 11.8 Å². The minimum Gasteiger partial charge on any atom is -0.341 e. The summed E-state index contributed by atoms with van der Waals surface area (Å²) < 4.78 is 0. The molecule has 21 heavy (non-hydrogen) atoms. The van der Waals surface area contributed by atoms with Gasteiger partial charge in [-0.3, -0.25) is 4.84 Å². The number of guanidine groups is 1. The van der Waals surface area contributed by atoms with Gasteiger partial charge in [0, 0.05) is 26.6 Å². The van der Waals surface area contributed by atoms with E-state index in [1.807, 2.05) is 37.4 Å². The summed E-state index contributed by atoms with van der Waals surface area (Å²) in [6.07, 6.45) is 3.44. The average molecular weight is 286 g/mol. The molecule has 2 aliphatic heterocycles. The fourth-order valence-electron chi connectivity index (χ4n) is 2.69. The molecule has 2 saturated heterocycles. The zero-order valence-electron chi connectivity index (χ0n) is 12.7. The average Bonchev–Trinajstić information content (AvgIpc) is 3.10. The molecule has 5 heteroatoms. The van der Waals surface area contributed by atoms with Gasteiger partial charge in [-0.25, -0.2) is 10.1 Å². The minimum absolute atomic E-state index is 0.185. The fourth-order valence-corrected chi connectivity index (χ4v) is 2.69. The van der Waals surface area contributed by atoms with E-state index >= 15 is 0 Å². The second-order valence-corrected chi connectivity index (χ2v) is 5.59. The molecule has 0 N–H and O–H groups in total. The third-order valence-corrected chi connectivity index (χ3v) is 3.77. The first kappa shape index (κ1) is 14.1. The van der Waals surface area contributed by atoms with Crippen molar-refractivity contribution in [1.82, 2.24) is 9.96 Å². The number of aliphatic imine (C=N–C) groups is 2. The number of nitrogens with zero attached hydrogens (tertiary/aromatic N) is 4. The van der Waals surface area contributed by atoms with Gasteiger partial charge in [0.05, 0.1) is 11.8 Å². The summed E-state index contributed by atoms with van der Waals surface area (Å²) >= 11 is 0. The Morgan fingerprint density at radius 2 is 1.90 bits per heavy atom. The van der Waals surface area contributed by atoms with E-state index in [4.69, 9.17) is 14.8 Å². The van der Waals surface area contributed by atoms with Crippen LogP contribution in [0.25, 0.3) is 0 Å². The van der Waals surface area contributed by atoms with E-state index in [0.717, 1.165) is 37.0 Å². The van der Waals surface area contributed by atoms with Gasteiger partial charge in [0.1, 0.15) is 5.84 Å². The van der Waals surface area contributed by atoms with Gasteiger partial charge in [-0.05, 0) is 31.9 Å². The Bertz CT molecular complexity index is 534. The van der Waals surface area contributed by atoms with Crippen LogP contribution in [0.3, 0.4) is 0 Å². The summed E-state index contributed by atoms with van der Waals surface area (Å²) in [5.41, 5.74) is 0.943. The summed E-state index contributed by atoms with van der Waals surface area (Å²) in [6.45, 7) is 4.12. The van der Waals surface area contributed by atoms with E-state index < -0.39 is 0 Å². The molecule has 112 valence electrons. The fraction of sp³-hybridized carbons (Fsp3) is 0.500. The molecule has 1 aromatic rings. The lowest BCUT2D eigenvalue weighted by atomic mass is 10.3. The van der Waals surface area contributed by atoms with Crippen molar-refractivity contribution in [3.8, 4) is 0 Å². The zero-order valence-corrected chi connectivity index (χ0v) is 12.7. The molecule has 0 aliphatic carbocycles. The third-order valence-electron chi connectivity index (χ3n) is 3.77. The van der Waals surface area contributed by atoms with Crippen LogP contribution in [0.4, 0.5) is 5.69 Å². The first-order chi connectivity index (χ1) is 10.2. The molecule has 2 fully saturated rings. The van der Waals surface area contributed by atoms with Crippen molar-refractivity contribution in [2.75, 3.05) is 20.1 Å². The van der Waals surface area contributed by atoms with Gasteiger partial charge in [0.2, 0.25) is 5.96 Å². The lowest BCUT2D eigenvalue weighted by Crippen LogP contribution is -2.29. The van der Waals surface area contributed by atoms with Gasteiger partial charge in [0.15, 0.2) is 0 Å². The Kier molecular flexibility index (Phi) is 4.20. The highest BCUT2D eigenvalue weighted by atomic mass is 16.7. The summed E-state index contributed by atoms with van der Waals surface area (Å²) in [5, 5.41) is 1.77. The molecule has 0 radical (unpaired) electrons. The Morgan fingerprint density at radius 1 is 1.19 bits per heavy atom. The predicted octanol–water partition coefficient (Wildman–Crippen LogP) is 2.82. The van der Waals surface area contributed by atoms with E-state index in [9.17, 15) is 0 Å². The first-order valence-electron chi connectivity index (χ1n) is 7.59. The predicted molar refractivity (Wildman–Crippen MR) is 84.7 cm³/mol. The van der Waals surface area contributed by atoms with Crippen molar-refractivity contribution >= 4 is 17.5 Å². The van der Waals surface area contributed by atoms with Gasteiger partial charge < -0.3 is 4.90 Å². The largest absolute Gasteiger partial charge is 0.341 e. The zero-order chi connectivity index (χ0) is 14.7. The van der Waals surface area contributed by atoms with Gasteiger partial charge >= 0.3 is 0 Å². The summed E-state index contributed by atoms with van der Waals surface area (Å²) in [5.74, 6) is 1.75. The molecule has 1 aromatic carbocycles. The molecule has 0 amide bonds. The van der Waals surface area contributed by atoms with Gasteiger partial charge in [0.25, 0.3) is 0 Å². The maximum Gasteiger partial charge on any atom is 0.227 e. The Morgan fingerprint density at radius 3 is 2.52 bits per heavy atom. The second kappa shape index (κ2) is 6.26. The van der Waals surface area contributed by atoms with Crippen LogP contribution in [-0.2, 0) is 4.84 Å². The van der Waals surface area contributed by atoms with Crippen LogP contribution in [0.15, 0.2) is 40.3 Å². The lowest BCUT2D eigenvalue weighted by Gasteiger charge is -2.18. The van der Waals surface area contributed by atoms with E-state index in [1.165, 1.54) is 12.8 Å². The smallest absolute Gasteiger partial charge is 0.227 e. The number of hydrogen-bond acceptors (Lipinski definition) is 2. The molecule has 5 nitrogen and oxygen atoms in total. The Labute approximate surface area is 125 Å². The van der Waals surface area contributed by atoms with Crippen molar-refractivity contribution in [1.29, 1.82) is 0 Å². The molecule has 1 unspecified atom stereocenters. The molecule has 0 saturated carbocycles. The standard InChI is InChI=1S/C16H22N4O/c1-13-12-15(19(2)21-13)18-16(20-10-6-7-11-20)17-14-8-4-3-5-9-14/h3-5,8-9,13H,6-7,10-12H2,1-2H3/b17-16-,18-15+. The molecule has 0 bridgehead atoms. The quantitative estimate of drug-likeness (QED) is 0.589. The second-order valence-electron chi connectivity index (χ2n) is 5.59. The topological polar surface area (TPSA) is 40.4 Å². The van der Waals surface area contributed by atoms with Crippen molar-refractivity contribution in [3.63, 3.8) is 0 Å². The van der Waals surface area contributed by atoms with Gasteiger partial charge in [-0.2, -0.15) is 4.99 Å². The van der Waals surface area contributed by atoms with Gasteiger partial charge in [-0.15, -0.1) is 0 Å². The number of hydrogen-bond donors (Lipinski definition) is 0. The minimum atomic E-state index is 0.185. The molecule has 2 aliphatic rings. The molecule has 2 heterocycles. The maximum atomic E-state index is 5.62. The summed E-state index contributed by atoms with van der Waals surface area (Å²) in [4.78, 5) is 17.4. The van der Waals surface area contributed by atoms with E-state index in [-0.39, 0.29) is 6.10 Å². The van der Waals surface area contributed by atoms with Crippen LogP contribution >= 0.6 is 0 Å². The molecule has 1 atom stereocenters. The first-order valence-corrected chi connectivity index (χ1v) is 7.59. The lowest BCUT2D eigenvalue weighted by molar-refractivity contribution is -0.0889. The molecule has 0 spiro atoms.